The zero-order chi connectivity index (χ0) is 9.61. The molecule has 0 amide bonds. The molecule has 12 heavy (non-hydrogen) atoms. The smallest absolute Gasteiger partial charge is 0.120 e. The van der Waals surface area contributed by atoms with Crippen molar-refractivity contribution in [2.24, 2.45) is 0 Å². The highest BCUT2D eigenvalue weighted by molar-refractivity contribution is 5.13. The molecule has 0 bridgehead atoms. The molecular formula is C10H18O2. The number of rotatable bonds is 3. The van der Waals surface area contributed by atoms with Crippen LogP contribution in [0.25, 0.3) is 0 Å². The van der Waals surface area contributed by atoms with Crippen LogP contribution in [0.3, 0.4) is 0 Å². The molecule has 0 aliphatic carbocycles. The summed E-state index contributed by atoms with van der Waals surface area (Å²) in [5.74, 6) is 5.20. The molecule has 2 nitrogen and oxygen atoms in total. The Kier molecular flexibility index (Phi) is 4.96. The van der Waals surface area contributed by atoms with Gasteiger partial charge >= 0.3 is 0 Å². The van der Waals surface area contributed by atoms with E-state index in [9.17, 15) is 10.2 Å². The van der Waals surface area contributed by atoms with E-state index in [2.05, 4.69) is 18.8 Å². The predicted octanol–water partition coefficient (Wildman–Crippen LogP) is 1.31. The van der Waals surface area contributed by atoms with Crippen molar-refractivity contribution in [2.45, 2.75) is 51.7 Å². The van der Waals surface area contributed by atoms with Gasteiger partial charge in [-0.1, -0.05) is 31.6 Å². The minimum atomic E-state index is -0.993. The third kappa shape index (κ3) is 7.59. The molecule has 0 aromatic heterocycles. The van der Waals surface area contributed by atoms with Crippen molar-refractivity contribution in [3.05, 3.63) is 0 Å². The van der Waals surface area contributed by atoms with E-state index in [1.165, 1.54) is 0 Å². The van der Waals surface area contributed by atoms with E-state index in [-0.39, 0.29) is 0 Å². The fourth-order valence-corrected chi connectivity index (χ4v) is 0.730. The van der Waals surface area contributed by atoms with Crippen LogP contribution in [-0.4, -0.2) is 21.9 Å². The van der Waals surface area contributed by atoms with Gasteiger partial charge in [0.05, 0.1) is 0 Å². The molecule has 0 heterocycles. The SMILES string of the molecule is CCCCC(O)C#CC(C)(C)O. The van der Waals surface area contributed by atoms with Gasteiger partial charge in [-0.3, -0.25) is 0 Å². The molecule has 70 valence electrons. The summed E-state index contributed by atoms with van der Waals surface area (Å²) in [5, 5.41) is 18.5. The third-order valence-electron chi connectivity index (χ3n) is 1.38. The van der Waals surface area contributed by atoms with E-state index in [0.29, 0.717) is 6.42 Å². The maximum atomic E-state index is 9.26. The average Bonchev–Trinajstić information content (AvgIpc) is 1.95. The van der Waals surface area contributed by atoms with Crippen LogP contribution in [-0.2, 0) is 0 Å². The second-order valence-corrected chi connectivity index (χ2v) is 3.49. The van der Waals surface area contributed by atoms with Crippen LogP contribution in [0.2, 0.25) is 0 Å². The predicted molar refractivity (Wildman–Crippen MR) is 49.6 cm³/mol. The van der Waals surface area contributed by atoms with Gasteiger partial charge in [0.25, 0.3) is 0 Å². The van der Waals surface area contributed by atoms with Crippen molar-refractivity contribution < 1.29 is 10.2 Å². The van der Waals surface area contributed by atoms with Crippen LogP contribution in [0, 0.1) is 11.8 Å². The molecule has 1 atom stereocenters. The maximum Gasteiger partial charge on any atom is 0.120 e. The van der Waals surface area contributed by atoms with Gasteiger partial charge < -0.3 is 10.2 Å². The monoisotopic (exact) mass is 170 g/mol. The van der Waals surface area contributed by atoms with Gasteiger partial charge in [0.2, 0.25) is 0 Å². The minimum Gasteiger partial charge on any atom is -0.380 e. The molecule has 0 fully saturated rings. The molecule has 0 saturated heterocycles. The highest BCUT2D eigenvalue weighted by Gasteiger charge is 2.06. The molecule has 0 radical (unpaired) electrons. The summed E-state index contributed by atoms with van der Waals surface area (Å²) in [6.45, 7) is 5.27. The lowest BCUT2D eigenvalue weighted by Crippen LogP contribution is -2.16. The van der Waals surface area contributed by atoms with Crippen molar-refractivity contribution in [1.29, 1.82) is 0 Å². The number of aliphatic hydroxyl groups excluding tert-OH is 1. The summed E-state index contributed by atoms with van der Waals surface area (Å²) in [4.78, 5) is 0. The van der Waals surface area contributed by atoms with Crippen LogP contribution >= 0.6 is 0 Å². The first kappa shape index (κ1) is 11.5. The van der Waals surface area contributed by atoms with Crippen molar-refractivity contribution in [3.63, 3.8) is 0 Å². The van der Waals surface area contributed by atoms with E-state index in [1.54, 1.807) is 13.8 Å². The summed E-state index contributed by atoms with van der Waals surface area (Å²) in [6.07, 6.45) is 2.14. The lowest BCUT2D eigenvalue weighted by atomic mass is 10.1. The second-order valence-electron chi connectivity index (χ2n) is 3.49. The highest BCUT2D eigenvalue weighted by Crippen LogP contribution is 2.01. The fraction of sp³-hybridized carbons (Fsp3) is 0.800. The van der Waals surface area contributed by atoms with Crippen LogP contribution in [0.4, 0.5) is 0 Å². The quantitative estimate of drug-likeness (QED) is 0.627. The largest absolute Gasteiger partial charge is 0.380 e. The first-order valence-electron chi connectivity index (χ1n) is 4.39. The van der Waals surface area contributed by atoms with Gasteiger partial charge in [-0.15, -0.1) is 0 Å². The van der Waals surface area contributed by atoms with E-state index < -0.39 is 11.7 Å². The zero-order valence-electron chi connectivity index (χ0n) is 8.09. The van der Waals surface area contributed by atoms with E-state index in [0.717, 1.165) is 12.8 Å². The van der Waals surface area contributed by atoms with Crippen LogP contribution < -0.4 is 0 Å². The number of hydrogen-bond donors (Lipinski definition) is 2. The summed E-state index contributed by atoms with van der Waals surface area (Å²) >= 11 is 0. The molecule has 1 unspecified atom stereocenters. The van der Waals surface area contributed by atoms with Crippen LogP contribution in [0.15, 0.2) is 0 Å². The average molecular weight is 170 g/mol. The van der Waals surface area contributed by atoms with Gasteiger partial charge in [-0.25, -0.2) is 0 Å². The van der Waals surface area contributed by atoms with Gasteiger partial charge in [-0.2, -0.15) is 0 Å². The Morgan fingerprint density at radius 2 is 2.00 bits per heavy atom. The molecule has 2 heteroatoms. The Morgan fingerprint density at radius 3 is 2.42 bits per heavy atom. The van der Waals surface area contributed by atoms with Crippen LogP contribution in [0.5, 0.6) is 0 Å². The maximum absolute atomic E-state index is 9.26. The van der Waals surface area contributed by atoms with Crippen LogP contribution in [0.1, 0.15) is 40.0 Å². The standard InChI is InChI=1S/C10H18O2/c1-4-5-6-9(11)7-8-10(2,3)12/h9,11-12H,4-6H2,1-3H3. The fourth-order valence-electron chi connectivity index (χ4n) is 0.730. The van der Waals surface area contributed by atoms with Gasteiger partial charge in [0.15, 0.2) is 0 Å². The second kappa shape index (κ2) is 5.18. The first-order chi connectivity index (χ1) is 5.45. The summed E-state index contributed by atoms with van der Waals surface area (Å²) in [6, 6.07) is 0. The van der Waals surface area contributed by atoms with Crippen molar-refractivity contribution in [2.75, 3.05) is 0 Å². The Morgan fingerprint density at radius 1 is 1.42 bits per heavy atom. The molecule has 0 aromatic carbocycles. The molecule has 0 aliphatic heterocycles. The molecule has 0 spiro atoms. The molecule has 0 aliphatic rings. The first-order valence-corrected chi connectivity index (χ1v) is 4.39. The van der Waals surface area contributed by atoms with Gasteiger partial charge in [0.1, 0.15) is 11.7 Å². The summed E-state index contributed by atoms with van der Waals surface area (Å²) in [5.41, 5.74) is -0.993. The Hall–Kier alpha value is -0.520. The topological polar surface area (TPSA) is 40.5 Å². The number of aliphatic hydroxyl groups is 2. The molecule has 0 aromatic rings. The normalized spacial score (nSPS) is 13.4. The number of hydrogen-bond acceptors (Lipinski definition) is 2. The van der Waals surface area contributed by atoms with E-state index in [1.807, 2.05) is 0 Å². The highest BCUT2D eigenvalue weighted by atomic mass is 16.3. The van der Waals surface area contributed by atoms with Crippen molar-refractivity contribution in [3.8, 4) is 11.8 Å². The van der Waals surface area contributed by atoms with E-state index >= 15 is 0 Å². The Labute approximate surface area is 74.6 Å². The lowest BCUT2D eigenvalue weighted by Gasteiger charge is -2.07. The molecule has 0 rings (SSSR count). The third-order valence-corrected chi connectivity index (χ3v) is 1.38. The van der Waals surface area contributed by atoms with E-state index in [4.69, 9.17) is 0 Å². The van der Waals surface area contributed by atoms with Gasteiger partial charge in [-0.05, 0) is 20.3 Å². The molecule has 0 saturated carbocycles. The minimum absolute atomic E-state index is 0.587. The molecular weight excluding hydrogens is 152 g/mol. The van der Waals surface area contributed by atoms with Crippen molar-refractivity contribution >= 4 is 0 Å². The zero-order valence-corrected chi connectivity index (χ0v) is 8.09. The lowest BCUT2D eigenvalue weighted by molar-refractivity contribution is 0.142. The summed E-state index contributed by atoms with van der Waals surface area (Å²) in [7, 11) is 0. The van der Waals surface area contributed by atoms with Gasteiger partial charge in [0, 0.05) is 0 Å². The molecule has 2 N–H and O–H groups in total. The Bertz CT molecular complexity index is 169. The number of unbranched alkanes of at least 4 members (excludes halogenated alkanes) is 1. The summed E-state index contributed by atoms with van der Waals surface area (Å²) < 4.78 is 0. The Balaban J connectivity index is 3.79. The van der Waals surface area contributed by atoms with Crippen molar-refractivity contribution in [1.82, 2.24) is 0 Å².